The van der Waals surface area contributed by atoms with E-state index in [4.69, 9.17) is 18.9 Å². The van der Waals surface area contributed by atoms with Crippen molar-refractivity contribution in [1.29, 1.82) is 0 Å². The van der Waals surface area contributed by atoms with E-state index in [0.717, 1.165) is 0 Å². The minimum absolute atomic E-state index is 0.00125. The number of halogens is 3. The van der Waals surface area contributed by atoms with Crippen molar-refractivity contribution in [2.24, 2.45) is 0 Å². The number of methoxy groups -OCH3 is 1. The molecule has 1 aliphatic heterocycles. The van der Waals surface area contributed by atoms with Crippen molar-refractivity contribution in [2.45, 2.75) is 44.9 Å². The number of hydrogen-bond acceptors (Lipinski definition) is 6. The first-order valence-corrected chi connectivity index (χ1v) is 9.13. The zero-order valence-corrected chi connectivity index (χ0v) is 16.4. The van der Waals surface area contributed by atoms with Gasteiger partial charge < -0.3 is 18.9 Å². The first kappa shape index (κ1) is 22.6. The van der Waals surface area contributed by atoms with Crippen LogP contribution in [-0.2, 0) is 29.4 Å². The average Bonchev–Trinajstić information content (AvgIpc) is 3.13. The number of benzene rings is 1. The van der Waals surface area contributed by atoms with Gasteiger partial charge in [0.05, 0.1) is 32.3 Å². The van der Waals surface area contributed by atoms with Gasteiger partial charge in [-0.15, -0.1) is 0 Å². The van der Waals surface area contributed by atoms with Crippen LogP contribution in [0.25, 0.3) is 0 Å². The second-order valence-corrected chi connectivity index (χ2v) is 6.26. The van der Waals surface area contributed by atoms with Crippen LogP contribution in [0, 0.1) is 0 Å². The maximum Gasteiger partial charge on any atom is 0.432 e. The van der Waals surface area contributed by atoms with Crippen molar-refractivity contribution in [2.75, 3.05) is 20.3 Å². The maximum atomic E-state index is 14.1. The van der Waals surface area contributed by atoms with Crippen molar-refractivity contribution in [3.63, 3.8) is 0 Å². The maximum absolute atomic E-state index is 14.1. The molecule has 0 saturated carbocycles. The SMILES string of the molecule is CCOC(=O)C/C(C(=O)OCC)=C1/CCC(c2cccc(OC)c2)(C(F)(F)F)O1. The van der Waals surface area contributed by atoms with Gasteiger partial charge in [0.25, 0.3) is 0 Å². The molecular formula is C20H23F3O6. The topological polar surface area (TPSA) is 71.1 Å². The monoisotopic (exact) mass is 416 g/mol. The lowest BCUT2D eigenvalue weighted by atomic mass is 9.90. The molecule has 29 heavy (non-hydrogen) atoms. The third-order valence-electron chi connectivity index (χ3n) is 4.48. The predicted molar refractivity (Wildman–Crippen MR) is 96.0 cm³/mol. The lowest BCUT2D eigenvalue weighted by Crippen LogP contribution is -2.41. The molecule has 1 saturated heterocycles. The molecule has 1 aliphatic rings. The highest BCUT2D eigenvalue weighted by molar-refractivity contribution is 5.94. The molecule has 0 spiro atoms. The Balaban J connectivity index is 2.51. The summed E-state index contributed by atoms with van der Waals surface area (Å²) in [6.07, 6.45) is -5.95. The second kappa shape index (κ2) is 9.19. The molecule has 0 bridgehead atoms. The van der Waals surface area contributed by atoms with Crippen molar-refractivity contribution >= 4 is 11.9 Å². The molecule has 1 unspecified atom stereocenters. The van der Waals surface area contributed by atoms with E-state index in [9.17, 15) is 22.8 Å². The van der Waals surface area contributed by atoms with Crippen LogP contribution in [0.15, 0.2) is 35.6 Å². The van der Waals surface area contributed by atoms with Crippen LogP contribution in [0.5, 0.6) is 5.75 Å². The average molecular weight is 416 g/mol. The summed E-state index contributed by atoms with van der Waals surface area (Å²) in [5.41, 5.74) is -3.08. The minimum Gasteiger partial charge on any atom is -0.497 e. The van der Waals surface area contributed by atoms with Gasteiger partial charge in [-0.25, -0.2) is 4.79 Å². The van der Waals surface area contributed by atoms with Gasteiger partial charge >= 0.3 is 18.1 Å². The minimum atomic E-state index is -4.77. The van der Waals surface area contributed by atoms with Crippen LogP contribution in [0.4, 0.5) is 13.2 Å². The summed E-state index contributed by atoms with van der Waals surface area (Å²) in [7, 11) is 1.35. The number of hydrogen-bond donors (Lipinski definition) is 0. The lowest BCUT2D eigenvalue weighted by molar-refractivity contribution is -0.261. The van der Waals surface area contributed by atoms with E-state index in [2.05, 4.69) is 0 Å². The Bertz CT molecular complexity index is 787. The first-order valence-electron chi connectivity index (χ1n) is 9.13. The van der Waals surface area contributed by atoms with Crippen LogP contribution in [0.2, 0.25) is 0 Å². The molecule has 0 amide bonds. The Morgan fingerprint density at radius 2 is 1.86 bits per heavy atom. The van der Waals surface area contributed by atoms with Gasteiger partial charge in [0.1, 0.15) is 11.5 Å². The predicted octanol–water partition coefficient (Wildman–Crippen LogP) is 4.03. The Morgan fingerprint density at radius 3 is 2.45 bits per heavy atom. The number of alkyl halides is 3. The van der Waals surface area contributed by atoms with Crippen LogP contribution < -0.4 is 4.74 Å². The summed E-state index contributed by atoms with van der Waals surface area (Å²) in [4.78, 5) is 24.2. The molecule has 6 nitrogen and oxygen atoms in total. The molecule has 0 N–H and O–H groups in total. The standard InChI is InChI=1S/C20H23F3O6/c1-4-27-17(24)12-15(18(25)28-5-2)16-9-10-19(29-16,20(21,22)23)13-7-6-8-14(11-13)26-3/h6-8,11H,4-5,9-10,12H2,1-3H3/b16-15+. The van der Waals surface area contributed by atoms with Crippen molar-refractivity contribution in [1.82, 2.24) is 0 Å². The van der Waals surface area contributed by atoms with E-state index in [0.29, 0.717) is 0 Å². The normalized spacial score (nSPS) is 20.6. The number of rotatable bonds is 7. The third kappa shape index (κ3) is 4.83. The zero-order chi connectivity index (χ0) is 21.7. The van der Waals surface area contributed by atoms with Crippen molar-refractivity contribution in [3.8, 4) is 5.75 Å². The van der Waals surface area contributed by atoms with Gasteiger partial charge in [0, 0.05) is 18.4 Å². The van der Waals surface area contributed by atoms with Gasteiger partial charge in [-0.05, 0) is 26.0 Å². The summed E-state index contributed by atoms with van der Waals surface area (Å²) >= 11 is 0. The summed E-state index contributed by atoms with van der Waals surface area (Å²) in [6, 6.07) is 5.47. The third-order valence-corrected chi connectivity index (χ3v) is 4.48. The summed E-state index contributed by atoms with van der Waals surface area (Å²) < 4.78 is 62.5. The largest absolute Gasteiger partial charge is 0.497 e. The highest BCUT2D eigenvalue weighted by atomic mass is 19.4. The van der Waals surface area contributed by atoms with Gasteiger partial charge in [0.15, 0.2) is 0 Å². The highest BCUT2D eigenvalue weighted by Gasteiger charge is 2.61. The van der Waals surface area contributed by atoms with E-state index < -0.39 is 36.6 Å². The lowest BCUT2D eigenvalue weighted by Gasteiger charge is -2.32. The Hall–Kier alpha value is -2.71. The molecule has 1 fully saturated rings. The van der Waals surface area contributed by atoms with Gasteiger partial charge in [-0.1, -0.05) is 12.1 Å². The Labute approximate surface area is 166 Å². The zero-order valence-electron chi connectivity index (χ0n) is 16.4. The fraction of sp³-hybridized carbons (Fsp3) is 0.500. The molecule has 1 aromatic rings. The quantitative estimate of drug-likeness (QED) is 0.494. The van der Waals surface area contributed by atoms with E-state index in [-0.39, 0.29) is 42.3 Å². The smallest absolute Gasteiger partial charge is 0.432 e. The van der Waals surface area contributed by atoms with Gasteiger partial charge in [0.2, 0.25) is 5.60 Å². The molecule has 1 aromatic carbocycles. The molecule has 1 heterocycles. The second-order valence-electron chi connectivity index (χ2n) is 6.26. The van der Waals surface area contributed by atoms with Gasteiger partial charge in [-0.3, -0.25) is 4.79 Å². The van der Waals surface area contributed by atoms with Crippen LogP contribution >= 0.6 is 0 Å². The number of carbonyl (C=O) groups excluding carboxylic acids is 2. The fourth-order valence-corrected chi connectivity index (χ4v) is 3.11. The van der Waals surface area contributed by atoms with Crippen LogP contribution in [-0.4, -0.2) is 38.4 Å². The van der Waals surface area contributed by atoms with E-state index >= 15 is 0 Å². The number of allylic oxidation sites excluding steroid dienone is 1. The summed E-state index contributed by atoms with van der Waals surface area (Å²) in [5.74, 6) is -1.64. The van der Waals surface area contributed by atoms with E-state index in [1.165, 1.54) is 31.4 Å². The van der Waals surface area contributed by atoms with Crippen molar-refractivity contribution < 1.29 is 41.7 Å². The molecule has 0 radical (unpaired) electrons. The highest BCUT2D eigenvalue weighted by Crippen LogP contribution is 2.53. The molecule has 1 atom stereocenters. The van der Waals surface area contributed by atoms with Crippen molar-refractivity contribution in [3.05, 3.63) is 41.2 Å². The Kier molecular flexibility index (Phi) is 7.16. The van der Waals surface area contributed by atoms with Crippen LogP contribution in [0.1, 0.15) is 38.7 Å². The number of carbonyl (C=O) groups is 2. The fourth-order valence-electron chi connectivity index (χ4n) is 3.11. The Morgan fingerprint density at radius 1 is 1.17 bits per heavy atom. The molecule has 9 heteroatoms. The summed E-state index contributed by atoms with van der Waals surface area (Å²) in [6.45, 7) is 3.20. The molecule has 2 rings (SSSR count). The number of esters is 2. The van der Waals surface area contributed by atoms with Gasteiger partial charge in [-0.2, -0.15) is 13.2 Å². The molecule has 0 aromatic heterocycles. The summed E-state index contributed by atoms with van der Waals surface area (Å²) in [5, 5.41) is 0. The molecule has 160 valence electrons. The van der Waals surface area contributed by atoms with Crippen LogP contribution in [0.3, 0.4) is 0 Å². The van der Waals surface area contributed by atoms with E-state index in [1.807, 2.05) is 0 Å². The number of ether oxygens (including phenoxy) is 4. The first-order chi connectivity index (χ1) is 13.7. The molecular weight excluding hydrogens is 393 g/mol. The van der Waals surface area contributed by atoms with E-state index in [1.54, 1.807) is 13.8 Å². The molecule has 0 aliphatic carbocycles.